The highest BCUT2D eigenvalue weighted by atomic mass is 32.3. The number of carbonyl (C=O) groups is 3. The fourth-order valence-corrected chi connectivity index (χ4v) is 3.63. The van der Waals surface area contributed by atoms with E-state index >= 15 is 0 Å². The molecule has 13 nitrogen and oxygen atoms in total. The molecule has 0 aliphatic carbocycles. The molecule has 3 heterocycles. The van der Waals surface area contributed by atoms with E-state index in [2.05, 4.69) is 9.76 Å². The maximum Gasteiger partial charge on any atom is 0.418 e. The van der Waals surface area contributed by atoms with Gasteiger partial charge in [0.25, 0.3) is 11.8 Å². The Balaban J connectivity index is 1.49. The molecule has 0 aromatic heterocycles. The number of carbonyl (C=O) groups excluding carboxylic acids is 3. The van der Waals surface area contributed by atoms with Crippen LogP contribution in [0.3, 0.4) is 0 Å². The number of piperidine rings is 1. The normalized spacial score (nSPS) is 25.7. The van der Waals surface area contributed by atoms with Gasteiger partial charge >= 0.3 is 16.4 Å². The fraction of sp³-hybridized carbons (Fsp3) is 0.769. The Morgan fingerprint density at radius 2 is 1.96 bits per heavy atom. The third kappa shape index (κ3) is 4.65. The van der Waals surface area contributed by atoms with Crippen molar-refractivity contribution in [3.05, 3.63) is 0 Å². The standard InChI is InChI=1S/C13H20N4O9S/c18-11(15-3-5-24-6-4-15)8-25-14-12(19)10-2-1-9-7-16(10)13(20)17(9)26-27(21,22)23/h9-10H,1-8H2,(H,14,19)(H,21,22,23)/t9-,10+/m1/s1. The minimum Gasteiger partial charge on any atom is -0.378 e. The van der Waals surface area contributed by atoms with E-state index in [1.54, 1.807) is 4.90 Å². The quantitative estimate of drug-likeness (QED) is 0.371. The van der Waals surface area contributed by atoms with Crippen LogP contribution >= 0.6 is 0 Å². The lowest BCUT2D eigenvalue weighted by Crippen LogP contribution is -2.50. The lowest BCUT2D eigenvalue weighted by molar-refractivity contribution is -0.149. The second kappa shape index (κ2) is 7.93. The van der Waals surface area contributed by atoms with Crippen molar-refractivity contribution in [2.24, 2.45) is 0 Å². The molecule has 0 spiro atoms. The molecule has 14 heteroatoms. The molecule has 3 aliphatic rings. The molecular weight excluding hydrogens is 388 g/mol. The molecule has 3 fully saturated rings. The molecule has 2 atom stereocenters. The number of rotatable bonds is 6. The number of hydroxylamine groups is 3. The lowest BCUT2D eigenvalue weighted by atomic mass is 10.0. The SMILES string of the molecule is O=C(NOCC(=O)N1CCOCC1)[C@@H]1CC[C@@H]2CN1C(=O)N2OS(=O)(=O)O. The number of amides is 4. The zero-order chi connectivity index (χ0) is 19.6. The summed E-state index contributed by atoms with van der Waals surface area (Å²) < 4.78 is 39.9. The number of hydrogen-bond acceptors (Lipinski definition) is 8. The third-order valence-electron chi connectivity index (χ3n) is 4.53. The Morgan fingerprint density at radius 1 is 1.26 bits per heavy atom. The largest absolute Gasteiger partial charge is 0.418 e. The van der Waals surface area contributed by atoms with Gasteiger partial charge < -0.3 is 14.5 Å². The van der Waals surface area contributed by atoms with Crippen LogP contribution in [0.1, 0.15) is 12.8 Å². The summed E-state index contributed by atoms with van der Waals surface area (Å²) in [7, 11) is -4.85. The van der Waals surface area contributed by atoms with Crippen molar-refractivity contribution in [3.8, 4) is 0 Å². The van der Waals surface area contributed by atoms with Gasteiger partial charge in [-0.15, -0.1) is 4.28 Å². The average molecular weight is 408 g/mol. The van der Waals surface area contributed by atoms with Crippen LogP contribution in [0.4, 0.5) is 4.79 Å². The summed E-state index contributed by atoms with van der Waals surface area (Å²) in [6.07, 6.45) is 0.539. The molecule has 0 radical (unpaired) electrons. The molecule has 152 valence electrons. The van der Waals surface area contributed by atoms with Crippen LogP contribution in [0.15, 0.2) is 0 Å². The first-order valence-electron chi connectivity index (χ1n) is 8.30. The Hall–Kier alpha value is -2.00. The number of nitrogens with one attached hydrogen (secondary N) is 1. The van der Waals surface area contributed by atoms with E-state index in [9.17, 15) is 22.8 Å². The number of hydrogen-bond donors (Lipinski definition) is 2. The number of nitrogens with zero attached hydrogens (tertiary/aromatic N) is 3. The van der Waals surface area contributed by atoms with Crippen molar-refractivity contribution in [3.63, 3.8) is 0 Å². The van der Waals surface area contributed by atoms with Gasteiger partial charge in [0.05, 0.1) is 19.3 Å². The zero-order valence-corrected chi connectivity index (χ0v) is 15.1. The van der Waals surface area contributed by atoms with Gasteiger partial charge in [0.2, 0.25) is 0 Å². The van der Waals surface area contributed by atoms with Crippen LogP contribution in [-0.4, -0.2) is 97.2 Å². The first-order valence-corrected chi connectivity index (χ1v) is 9.67. The Morgan fingerprint density at radius 3 is 2.63 bits per heavy atom. The number of urea groups is 1. The van der Waals surface area contributed by atoms with Crippen LogP contribution in [0.2, 0.25) is 0 Å². The predicted octanol–water partition coefficient (Wildman–Crippen LogP) is -2.10. The van der Waals surface area contributed by atoms with Crippen LogP contribution in [-0.2, 0) is 33.8 Å². The minimum atomic E-state index is -4.85. The van der Waals surface area contributed by atoms with Gasteiger partial charge in [0, 0.05) is 19.6 Å². The summed E-state index contributed by atoms with van der Waals surface area (Å²) in [5.74, 6) is -0.933. The molecule has 2 bridgehead atoms. The van der Waals surface area contributed by atoms with Crippen molar-refractivity contribution in [2.45, 2.75) is 24.9 Å². The van der Waals surface area contributed by atoms with Gasteiger partial charge in [0.15, 0.2) is 6.61 Å². The van der Waals surface area contributed by atoms with Crippen LogP contribution in [0.25, 0.3) is 0 Å². The summed E-state index contributed by atoms with van der Waals surface area (Å²) in [5.41, 5.74) is 2.15. The average Bonchev–Trinajstić information content (AvgIpc) is 2.86. The summed E-state index contributed by atoms with van der Waals surface area (Å²) in [4.78, 5) is 44.1. The van der Waals surface area contributed by atoms with Crippen molar-refractivity contribution in [1.82, 2.24) is 20.3 Å². The maximum atomic E-state index is 12.3. The van der Waals surface area contributed by atoms with Crippen molar-refractivity contribution < 1.29 is 41.2 Å². The molecular formula is C13H20N4O9S. The summed E-state index contributed by atoms with van der Waals surface area (Å²) in [5, 5.41) is 0.547. The van der Waals surface area contributed by atoms with E-state index < -0.39 is 34.4 Å². The van der Waals surface area contributed by atoms with E-state index in [-0.39, 0.29) is 25.5 Å². The van der Waals surface area contributed by atoms with Crippen molar-refractivity contribution in [1.29, 1.82) is 0 Å². The minimum absolute atomic E-state index is 0.0686. The molecule has 2 N–H and O–H groups in total. The van der Waals surface area contributed by atoms with Gasteiger partial charge in [-0.3, -0.25) is 19.0 Å². The fourth-order valence-electron chi connectivity index (χ4n) is 3.25. The van der Waals surface area contributed by atoms with E-state index in [4.69, 9.17) is 14.1 Å². The molecule has 3 aliphatic heterocycles. The summed E-state index contributed by atoms with van der Waals surface area (Å²) in [6.45, 7) is 1.51. The van der Waals surface area contributed by atoms with Crippen molar-refractivity contribution in [2.75, 3.05) is 39.5 Å². The molecule has 0 aromatic rings. The molecule has 3 rings (SSSR count). The van der Waals surface area contributed by atoms with Crippen LogP contribution in [0, 0.1) is 0 Å². The molecule has 0 aromatic carbocycles. The van der Waals surface area contributed by atoms with Crippen molar-refractivity contribution >= 4 is 28.2 Å². The Bertz CT molecular complexity index is 709. The van der Waals surface area contributed by atoms with Gasteiger partial charge in [-0.25, -0.2) is 10.3 Å². The molecule has 0 unspecified atom stereocenters. The molecule has 0 saturated carbocycles. The highest BCUT2D eigenvalue weighted by Crippen LogP contribution is 2.30. The number of ether oxygens (including phenoxy) is 1. The predicted molar refractivity (Wildman–Crippen MR) is 84.9 cm³/mol. The highest BCUT2D eigenvalue weighted by Gasteiger charge is 2.49. The van der Waals surface area contributed by atoms with Gasteiger partial charge in [-0.1, -0.05) is 0 Å². The van der Waals surface area contributed by atoms with E-state index in [0.29, 0.717) is 37.8 Å². The second-order valence-corrected chi connectivity index (χ2v) is 7.26. The van der Waals surface area contributed by atoms with Gasteiger partial charge in [-0.05, 0) is 12.8 Å². The first-order chi connectivity index (χ1) is 12.8. The topological polar surface area (TPSA) is 155 Å². The van der Waals surface area contributed by atoms with E-state index in [0.717, 1.165) is 4.90 Å². The van der Waals surface area contributed by atoms with Crippen LogP contribution in [0.5, 0.6) is 0 Å². The first kappa shape index (κ1) is 19.8. The number of morpholine rings is 1. The smallest absolute Gasteiger partial charge is 0.378 e. The summed E-state index contributed by atoms with van der Waals surface area (Å²) in [6, 6.07) is -2.34. The zero-order valence-electron chi connectivity index (χ0n) is 14.3. The second-order valence-electron chi connectivity index (χ2n) is 6.26. The lowest BCUT2D eigenvalue weighted by Gasteiger charge is -2.29. The van der Waals surface area contributed by atoms with Crippen LogP contribution < -0.4 is 5.48 Å². The monoisotopic (exact) mass is 408 g/mol. The molecule has 3 saturated heterocycles. The third-order valence-corrected chi connectivity index (χ3v) is 4.88. The summed E-state index contributed by atoms with van der Waals surface area (Å²) >= 11 is 0. The highest BCUT2D eigenvalue weighted by molar-refractivity contribution is 7.80. The van der Waals surface area contributed by atoms with E-state index in [1.807, 2.05) is 0 Å². The maximum absolute atomic E-state index is 12.3. The Labute approximate surface area is 155 Å². The van der Waals surface area contributed by atoms with Gasteiger partial charge in [0.1, 0.15) is 6.04 Å². The molecule has 27 heavy (non-hydrogen) atoms. The van der Waals surface area contributed by atoms with E-state index in [1.165, 1.54) is 0 Å². The molecule has 4 amide bonds. The van der Waals surface area contributed by atoms with Gasteiger partial charge in [-0.2, -0.15) is 13.5 Å². The number of fused-ring (bicyclic) bond motifs is 2. The Kier molecular flexibility index (Phi) is 5.81.